The van der Waals surface area contributed by atoms with Crippen molar-refractivity contribution < 1.29 is 23.8 Å². The van der Waals surface area contributed by atoms with E-state index in [1.54, 1.807) is 41.3 Å². The van der Waals surface area contributed by atoms with Gasteiger partial charge < -0.3 is 19.2 Å². The first kappa shape index (κ1) is 19.3. The number of ether oxygens (including phenoxy) is 1. The number of Topliss-reactive ketones (excluding diaryl/α,β-unsaturated/α-hetero) is 1. The number of aliphatic hydroxyl groups excluding tert-OH is 1. The van der Waals surface area contributed by atoms with Crippen LogP contribution in [0.1, 0.15) is 56.4 Å². The fourth-order valence-electron chi connectivity index (χ4n) is 4.37. The van der Waals surface area contributed by atoms with Gasteiger partial charge in [-0.1, -0.05) is 31.4 Å². The maximum atomic E-state index is 13.0. The average Bonchev–Trinajstić information content (AvgIpc) is 3.36. The predicted octanol–water partition coefficient (Wildman–Crippen LogP) is 4.43. The first-order valence-corrected chi connectivity index (χ1v) is 10.2. The highest BCUT2D eigenvalue weighted by Gasteiger charge is 2.50. The number of ketones is 1. The first-order valence-electron chi connectivity index (χ1n) is 10.2. The van der Waals surface area contributed by atoms with Gasteiger partial charge in [-0.3, -0.25) is 9.59 Å². The van der Waals surface area contributed by atoms with Crippen LogP contribution in [0.25, 0.3) is 5.76 Å². The molecule has 2 fully saturated rings. The molecule has 1 aromatic carbocycles. The molecule has 2 aromatic rings. The molecule has 6 nitrogen and oxygen atoms in total. The van der Waals surface area contributed by atoms with Gasteiger partial charge in [0.05, 0.1) is 18.4 Å². The third kappa shape index (κ3) is 3.55. The molecule has 1 saturated heterocycles. The van der Waals surface area contributed by atoms with Crippen molar-refractivity contribution in [2.24, 2.45) is 0 Å². The van der Waals surface area contributed by atoms with Crippen LogP contribution in [-0.4, -0.2) is 34.3 Å². The van der Waals surface area contributed by atoms with Crippen molar-refractivity contribution in [1.29, 1.82) is 0 Å². The Morgan fingerprint density at radius 1 is 1.17 bits per heavy atom. The molecule has 1 aromatic heterocycles. The van der Waals surface area contributed by atoms with E-state index in [0.29, 0.717) is 23.7 Å². The third-order valence-electron chi connectivity index (χ3n) is 5.68. The van der Waals surface area contributed by atoms with E-state index >= 15 is 0 Å². The molecular weight excluding hydrogens is 370 g/mol. The summed E-state index contributed by atoms with van der Waals surface area (Å²) in [6.07, 6.45) is 6.40. The van der Waals surface area contributed by atoms with Gasteiger partial charge in [-0.2, -0.15) is 0 Å². The van der Waals surface area contributed by atoms with Crippen molar-refractivity contribution in [2.75, 3.05) is 6.61 Å². The van der Waals surface area contributed by atoms with Crippen LogP contribution in [0, 0.1) is 0 Å². The Labute approximate surface area is 169 Å². The second-order valence-corrected chi connectivity index (χ2v) is 7.47. The van der Waals surface area contributed by atoms with E-state index in [9.17, 15) is 14.7 Å². The molecule has 1 saturated carbocycles. The van der Waals surface area contributed by atoms with Crippen LogP contribution in [0.15, 0.2) is 52.7 Å². The maximum absolute atomic E-state index is 13.0. The van der Waals surface area contributed by atoms with E-state index < -0.39 is 17.7 Å². The SMILES string of the molecule is CCOc1cccc(/C(O)=C2/C(=O)C(=O)N(C3CCCCC3)C2c2ccco2)c1. The van der Waals surface area contributed by atoms with E-state index in [2.05, 4.69) is 0 Å². The lowest BCUT2D eigenvalue weighted by molar-refractivity contribution is -0.142. The molecule has 0 spiro atoms. The van der Waals surface area contributed by atoms with Crippen LogP contribution in [0.2, 0.25) is 0 Å². The van der Waals surface area contributed by atoms with Gasteiger partial charge in [0.1, 0.15) is 23.3 Å². The number of carbonyl (C=O) groups excluding carboxylic acids is 2. The topological polar surface area (TPSA) is 80.0 Å². The van der Waals surface area contributed by atoms with Crippen molar-refractivity contribution in [2.45, 2.75) is 51.1 Å². The zero-order chi connectivity index (χ0) is 20.4. The maximum Gasteiger partial charge on any atom is 0.296 e. The highest BCUT2D eigenvalue weighted by atomic mass is 16.5. The Morgan fingerprint density at radius 2 is 1.97 bits per heavy atom. The van der Waals surface area contributed by atoms with Crippen molar-refractivity contribution >= 4 is 17.4 Å². The van der Waals surface area contributed by atoms with Crippen LogP contribution < -0.4 is 4.74 Å². The van der Waals surface area contributed by atoms with Crippen LogP contribution in [0.5, 0.6) is 5.75 Å². The normalized spacial score (nSPS) is 22.2. The van der Waals surface area contributed by atoms with Crippen LogP contribution in [-0.2, 0) is 9.59 Å². The van der Waals surface area contributed by atoms with E-state index in [0.717, 1.165) is 32.1 Å². The Balaban J connectivity index is 1.81. The number of benzene rings is 1. The van der Waals surface area contributed by atoms with Gasteiger partial charge in [0.25, 0.3) is 11.7 Å². The number of furan rings is 1. The lowest BCUT2D eigenvalue weighted by atomic mass is 9.92. The molecule has 1 N–H and O–H groups in total. The standard InChI is InChI=1S/C23H25NO5/c1-2-28-17-11-6-8-15(14-17)21(25)19-20(18-12-7-13-29-18)24(23(27)22(19)26)16-9-4-3-5-10-16/h6-8,11-14,16,20,25H,2-5,9-10H2,1H3/b21-19-. The molecule has 4 rings (SSSR count). The van der Waals surface area contributed by atoms with Crippen molar-refractivity contribution in [3.8, 4) is 5.75 Å². The Morgan fingerprint density at radius 3 is 2.66 bits per heavy atom. The molecule has 0 bridgehead atoms. The zero-order valence-corrected chi connectivity index (χ0v) is 16.5. The minimum absolute atomic E-state index is 0.0321. The number of nitrogens with zero attached hydrogens (tertiary/aromatic N) is 1. The Bertz CT molecular complexity index is 925. The molecule has 1 aliphatic heterocycles. The monoisotopic (exact) mass is 395 g/mol. The van der Waals surface area contributed by atoms with Crippen molar-refractivity contribution in [1.82, 2.24) is 4.90 Å². The molecule has 1 amide bonds. The Kier molecular flexibility index (Phi) is 5.43. The minimum atomic E-state index is -0.719. The molecule has 1 aliphatic carbocycles. The second kappa shape index (κ2) is 8.15. The molecule has 2 aliphatic rings. The molecule has 152 valence electrons. The zero-order valence-electron chi connectivity index (χ0n) is 16.5. The van der Waals surface area contributed by atoms with Gasteiger partial charge >= 0.3 is 0 Å². The van der Waals surface area contributed by atoms with Crippen LogP contribution >= 0.6 is 0 Å². The number of aliphatic hydroxyl groups is 1. The molecular formula is C23H25NO5. The highest BCUT2D eigenvalue weighted by molar-refractivity contribution is 6.46. The van der Waals surface area contributed by atoms with Crippen molar-refractivity contribution in [3.63, 3.8) is 0 Å². The minimum Gasteiger partial charge on any atom is -0.507 e. The van der Waals surface area contributed by atoms with E-state index in [4.69, 9.17) is 9.15 Å². The lowest BCUT2D eigenvalue weighted by Gasteiger charge is -2.34. The van der Waals surface area contributed by atoms with E-state index in [1.165, 1.54) is 6.26 Å². The number of carbonyl (C=O) groups is 2. The number of amides is 1. The van der Waals surface area contributed by atoms with E-state index in [-0.39, 0.29) is 17.4 Å². The fraction of sp³-hybridized carbons (Fsp3) is 0.391. The largest absolute Gasteiger partial charge is 0.507 e. The van der Waals surface area contributed by atoms with E-state index in [1.807, 2.05) is 6.92 Å². The fourth-order valence-corrected chi connectivity index (χ4v) is 4.37. The van der Waals surface area contributed by atoms with Crippen LogP contribution in [0.3, 0.4) is 0 Å². The summed E-state index contributed by atoms with van der Waals surface area (Å²) in [6, 6.07) is 9.63. The van der Waals surface area contributed by atoms with Gasteiger partial charge in [0.2, 0.25) is 0 Å². The molecule has 29 heavy (non-hydrogen) atoms. The number of rotatable bonds is 5. The second-order valence-electron chi connectivity index (χ2n) is 7.47. The van der Waals surface area contributed by atoms with Gasteiger partial charge in [0.15, 0.2) is 0 Å². The molecule has 2 heterocycles. The summed E-state index contributed by atoms with van der Waals surface area (Å²) in [5.41, 5.74) is 0.512. The predicted molar refractivity (Wildman–Crippen MR) is 107 cm³/mol. The molecule has 0 radical (unpaired) electrons. The number of hydrogen-bond acceptors (Lipinski definition) is 5. The third-order valence-corrected chi connectivity index (χ3v) is 5.68. The summed E-state index contributed by atoms with van der Waals surface area (Å²) in [7, 11) is 0. The van der Waals surface area contributed by atoms with Crippen LogP contribution in [0.4, 0.5) is 0 Å². The molecule has 1 atom stereocenters. The molecule has 1 unspecified atom stereocenters. The van der Waals surface area contributed by atoms with Gasteiger partial charge in [0, 0.05) is 11.6 Å². The quantitative estimate of drug-likeness (QED) is 0.460. The number of likely N-dealkylation sites (tertiary alicyclic amines) is 1. The summed E-state index contributed by atoms with van der Waals surface area (Å²) >= 11 is 0. The van der Waals surface area contributed by atoms with Gasteiger partial charge in [-0.15, -0.1) is 0 Å². The first-order chi connectivity index (χ1) is 14.1. The molecule has 6 heteroatoms. The average molecular weight is 395 g/mol. The number of hydrogen-bond donors (Lipinski definition) is 1. The summed E-state index contributed by atoms with van der Waals surface area (Å²) in [4.78, 5) is 27.6. The Hall–Kier alpha value is -3.02. The smallest absolute Gasteiger partial charge is 0.296 e. The summed E-state index contributed by atoms with van der Waals surface area (Å²) < 4.78 is 11.1. The lowest BCUT2D eigenvalue weighted by Crippen LogP contribution is -2.40. The van der Waals surface area contributed by atoms with Gasteiger partial charge in [-0.05, 0) is 44.0 Å². The summed E-state index contributed by atoms with van der Waals surface area (Å²) in [5, 5.41) is 11.1. The summed E-state index contributed by atoms with van der Waals surface area (Å²) in [5.74, 6) is -0.369. The summed E-state index contributed by atoms with van der Waals surface area (Å²) in [6.45, 7) is 2.36. The highest BCUT2D eigenvalue weighted by Crippen LogP contribution is 2.43. The van der Waals surface area contributed by atoms with Crippen molar-refractivity contribution in [3.05, 3.63) is 59.6 Å². The van der Waals surface area contributed by atoms with Gasteiger partial charge in [-0.25, -0.2) is 0 Å².